The highest BCUT2D eigenvalue weighted by molar-refractivity contribution is 7.09. The van der Waals surface area contributed by atoms with Gasteiger partial charge >= 0.3 is 0 Å². The van der Waals surface area contributed by atoms with E-state index in [0.29, 0.717) is 12.5 Å². The summed E-state index contributed by atoms with van der Waals surface area (Å²) >= 11 is 1.69. The number of thiazole rings is 1. The monoisotopic (exact) mass is 304 g/mol. The fourth-order valence-corrected chi connectivity index (χ4v) is 2.87. The van der Waals surface area contributed by atoms with Gasteiger partial charge in [0, 0.05) is 11.9 Å². The summed E-state index contributed by atoms with van der Waals surface area (Å²) in [5.41, 5.74) is 2.29. The first-order valence-corrected chi connectivity index (χ1v) is 8.48. The van der Waals surface area contributed by atoms with E-state index < -0.39 is 0 Å². The number of nitrogens with zero attached hydrogens (tertiary/aromatic N) is 1. The maximum atomic E-state index is 5.99. The number of benzene rings is 1. The van der Waals surface area contributed by atoms with Crippen LogP contribution in [0.3, 0.4) is 0 Å². The molecule has 0 aliphatic rings. The number of rotatable bonds is 8. The van der Waals surface area contributed by atoms with Crippen molar-refractivity contribution < 1.29 is 4.74 Å². The van der Waals surface area contributed by atoms with Gasteiger partial charge in [0.25, 0.3) is 0 Å². The first-order chi connectivity index (χ1) is 10.2. The Morgan fingerprint density at radius 2 is 2.10 bits per heavy atom. The average molecular weight is 304 g/mol. The van der Waals surface area contributed by atoms with Gasteiger partial charge in [0.05, 0.1) is 5.69 Å². The topological polar surface area (TPSA) is 34.2 Å². The highest BCUT2D eigenvalue weighted by Crippen LogP contribution is 2.29. The zero-order chi connectivity index (χ0) is 15.1. The van der Waals surface area contributed by atoms with E-state index in [1.165, 1.54) is 5.56 Å². The highest BCUT2D eigenvalue weighted by Gasteiger charge is 2.10. The maximum absolute atomic E-state index is 5.99. The normalized spacial score (nSPS) is 12.3. The van der Waals surface area contributed by atoms with Crippen molar-refractivity contribution in [2.75, 3.05) is 6.54 Å². The Morgan fingerprint density at radius 1 is 1.29 bits per heavy atom. The van der Waals surface area contributed by atoms with Crippen molar-refractivity contribution in [2.24, 2.45) is 0 Å². The molecule has 0 amide bonds. The Kier molecular flexibility index (Phi) is 6.21. The van der Waals surface area contributed by atoms with Crippen LogP contribution in [0.5, 0.6) is 5.75 Å². The summed E-state index contributed by atoms with van der Waals surface area (Å²) in [6.07, 6.45) is 1.11. The van der Waals surface area contributed by atoms with E-state index in [1.807, 2.05) is 12.1 Å². The lowest BCUT2D eigenvalue weighted by molar-refractivity contribution is 0.297. The van der Waals surface area contributed by atoms with Gasteiger partial charge in [-0.15, -0.1) is 11.3 Å². The molecule has 0 fully saturated rings. The van der Waals surface area contributed by atoms with Crippen LogP contribution in [0, 0.1) is 0 Å². The molecule has 0 aliphatic carbocycles. The molecule has 0 radical (unpaired) electrons. The molecule has 4 heteroatoms. The number of para-hydroxylation sites is 1. The second-order valence-corrected chi connectivity index (χ2v) is 6.09. The highest BCUT2D eigenvalue weighted by atomic mass is 32.1. The molecule has 1 unspecified atom stereocenters. The molecule has 114 valence electrons. The maximum Gasteiger partial charge on any atom is 0.131 e. The third-order valence-corrected chi connectivity index (χ3v) is 4.46. The summed E-state index contributed by atoms with van der Waals surface area (Å²) in [6, 6.07) is 8.30. The van der Waals surface area contributed by atoms with E-state index in [4.69, 9.17) is 4.74 Å². The molecule has 2 rings (SSSR count). The van der Waals surface area contributed by atoms with Crippen molar-refractivity contribution in [2.45, 2.75) is 46.3 Å². The predicted octanol–water partition coefficient (Wildman–Crippen LogP) is 4.35. The zero-order valence-electron chi connectivity index (χ0n) is 13.1. The molecule has 3 nitrogen and oxygen atoms in total. The van der Waals surface area contributed by atoms with Gasteiger partial charge in [-0.1, -0.05) is 39.0 Å². The number of nitrogens with one attached hydrogen (secondary N) is 1. The van der Waals surface area contributed by atoms with Crippen molar-refractivity contribution in [1.82, 2.24) is 10.3 Å². The third kappa shape index (κ3) is 4.55. The third-order valence-electron chi connectivity index (χ3n) is 3.56. The van der Waals surface area contributed by atoms with Crippen LogP contribution in [0.15, 0.2) is 29.6 Å². The minimum atomic E-state index is 0.515. The summed E-state index contributed by atoms with van der Waals surface area (Å²) in [6.45, 7) is 8.88. The van der Waals surface area contributed by atoms with Crippen molar-refractivity contribution in [1.29, 1.82) is 0 Å². The SMILES string of the molecule is CCNCc1nc(COc2ccccc2C(C)CC)cs1. The Morgan fingerprint density at radius 3 is 2.86 bits per heavy atom. The number of hydrogen-bond donors (Lipinski definition) is 1. The standard InChI is InChI=1S/C17H24N2OS/c1-4-13(3)15-8-6-7-9-16(15)20-11-14-12-21-17(19-14)10-18-5-2/h6-9,12-13,18H,4-5,10-11H2,1-3H3. The average Bonchev–Trinajstić information content (AvgIpc) is 2.98. The van der Waals surface area contributed by atoms with Gasteiger partial charge in [-0.2, -0.15) is 0 Å². The van der Waals surface area contributed by atoms with E-state index in [-0.39, 0.29) is 0 Å². The molecule has 1 aromatic carbocycles. The molecule has 0 spiro atoms. The summed E-state index contributed by atoms with van der Waals surface area (Å²) in [5.74, 6) is 1.49. The van der Waals surface area contributed by atoms with Gasteiger partial charge in [0.2, 0.25) is 0 Å². The van der Waals surface area contributed by atoms with Gasteiger partial charge in [0.1, 0.15) is 17.4 Å². The lowest BCUT2D eigenvalue weighted by Crippen LogP contribution is -2.11. The number of ether oxygens (including phenoxy) is 1. The molecule has 0 saturated heterocycles. The molecular formula is C17H24N2OS. The molecular weight excluding hydrogens is 280 g/mol. The van der Waals surface area contributed by atoms with Crippen molar-refractivity contribution in [3.05, 3.63) is 45.9 Å². The molecule has 1 atom stereocenters. The van der Waals surface area contributed by atoms with Crippen LogP contribution >= 0.6 is 11.3 Å². The quantitative estimate of drug-likeness (QED) is 0.787. The number of hydrogen-bond acceptors (Lipinski definition) is 4. The van der Waals surface area contributed by atoms with Crippen molar-refractivity contribution in [3.63, 3.8) is 0 Å². The van der Waals surface area contributed by atoms with Crippen molar-refractivity contribution >= 4 is 11.3 Å². The molecule has 2 aromatic rings. The van der Waals surface area contributed by atoms with Gasteiger partial charge in [0.15, 0.2) is 0 Å². The second kappa shape index (κ2) is 8.15. The van der Waals surface area contributed by atoms with Crippen LogP contribution in [0.2, 0.25) is 0 Å². The molecule has 0 bridgehead atoms. The largest absolute Gasteiger partial charge is 0.487 e. The van der Waals surface area contributed by atoms with Crippen LogP contribution in [0.1, 0.15) is 49.4 Å². The first kappa shape index (κ1) is 16.0. The van der Waals surface area contributed by atoms with Gasteiger partial charge in [-0.3, -0.25) is 0 Å². The summed E-state index contributed by atoms with van der Waals surface area (Å²) in [7, 11) is 0. The first-order valence-electron chi connectivity index (χ1n) is 7.60. The van der Waals surface area contributed by atoms with E-state index in [2.05, 4.69) is 48.6 Å². The summed E-state index contributed by atoms with van der Waals surface area (Å²) in [5, 5.41) is 6.49. The second-order valence-electron chi connectivity index (χ2n) is 5.15. The van der Waals surface area contributed by atoms with Crippen molar-refractivity contribution in [3.8, 4) is 5.75 Å². The lowest BCUT2D eigenvalue weighted by atomic mass is 9.98. The molecule has 1 N–H and O–H groups in total. The van der Waals surface area contributed by atoms with Gasteiger partial charge in [-0.25, -0.2) is 4.98 Å². The molecule has 21 heavy (non-hydrogen) atoms. The fraction of sp³-hybridized carbons (Fsp3) is 0.471. The van der Waals surface area contributed by atoms with E-state index >= 15 is 0 Å². The van der Waals surface area contributed by atoms with Gasteiger partial charge in [-0.05, 0) is 30.5 Å². The molecule has 0 aliphatic heterocycles. The van der Waals surface area contributed by atoms with E-state index in [9.17, 15) is 0 Å². The molecule has 1 heterocycles. The van der Waals surface area contributed by atoms with Crippen LogP contribution in [0.25, 0.3) is 0 Å². The summed E-state index contributed by atoms with van der Waals surface area (Å²) < 4.78 is 5.99. The smallest absolute Gasteiger partial charge is 0.131 e. The fourth-order valence-electron chi connectivity index (χ4n) is 2.12. The minimum Gasteiger partial charge on any atom is -0.487 e. The Balaban J connectivity index is 1.98. The van der Waals surface area contributed by atoms with Crippen LogP contribution < -0.4 is 10.1 Å². The predicted molar refractivity (Wildman–Crippen MR) is 89.0 cm³/mol. The van der Waals surface area contributed by atoms with Crippen LogP contribution in [0.4, 0.5) is 0 Å². The van der Waals surface area contributed by atoms with Crippen LogP contribution in [-0.2, 0) is 13.2 Å². The Bertz CT molecular complexity index is 553. The number of aromatic nitrogens is 1. The van der Waals surface area contributed by atoms with Crippen LogP contribution in [-0.4, -0.2) is 11.5 Å². The molecule has 1 aromatic heterocycles. The lowest BCUT2D eigenvalue weighted by Gasteiger charge is -2.15. The molecule has 0 saturated carbocycles. The van der Waals surface area contributed by atoms with Gasteiger partial charge < -0.3 is 10.1 Å². The minimum absolute atomic E-state index is 0.515. The Hall–Kier alpha value is -1.39. The van der Waals surface area contributed by atoms with E-state index in [0.717, 1.165) is 36.0 Å². The Labute approximate surface area is 131 Å². The van der Waals surface area contributed by atoms with E-state index in [1.54, 1.807) is 11.3 Å². The summed E-state index contributed by atoms with van der Waals surface area (Å²) in [4.78, 5) is 4.59. The zero-order valence-corrected chi connectivity index (χ0v) is 13.9.